The van der Waals surface area contributed by atoms with Crippen LogP contribution in [0.3, 0.4) is 0 Å². The van der Waals surface area contributed by atoms with E-state index in [1.54, 1.807) is 25.4 Å². The Balaban J connectivity index is 0.00000176. The van der Waals surface area contributed by atoms with Crippen LogP contribution in [0.25, 0.3) is 21.9 Å². The second kappa shape index (κ2) is 6.26. The highest BCUT2D eigenvalue weighted by atomic mass is 16.5. The molecule has 0 unspecified atom stereocenters. The zero-order valence-corrected chi connectivity index (χ0v) is 11.4. The Labute approximate surface area is 129 Å². The second-order valence-electron chi connectivity index (χ2n) is 4.64. The fourth-order valence-corrected chi connectivity index (χ4v) is 2.32. The number of carbonyl (C=O) groups excluding carboxylic acids is 1. The van der Waals surface area contributed by atoms with Gasteiger partial charge < -0.3 is 9.84 Å². The number of nitrogens with zero attached hydrogens (tertiary/aromatic N) is 1. The molecule has 0 atom stereocenters. The van der Waals surface area contributed by atoms with Crippen LogP contribution in [-0.4, -0.2) is 23.5 Å². The Bertz CT molecular complexity index is 810. The van der Waals surface area contributed by atoms with Crippen LogP contribution < -0.4 is 4.74 Å². The SMILES string of the molecule is C.COc1ccc(-c2ccc3c(C=O)c(O)ccc3c2)cn1. The molecule has 112 valence electrons. The molecule has 0 aliphatic rings. The van der Waals surface area contributed by atoms with E-state index in [4.69, 9.17) is 4.74 Å². The number of aromatic nitrogens is 1. The number of pyridine rings is 1. The Kier molecular flexibility index (Phi) is 4.41. The summed E-state index contributed by atoms with van der Waals surface area (Å²) in [7, 11) is 1.57. The number of phenols is 1. The van der Waals surface area contributed by atoms with Crippen LogP contribution in [0.5, 0.6) is 11.6 Å². The second-order valence-corrected chi connectivity index (χ2v) is 4.64. The van der Waals surface area contributed by atoms with Gasteiger partial charge in [0.25, 0.3) is 0 Å². The molecule has 3 rings (SSSR count). The van der Waals surface area contributed by atoms with Crippen molar-refractivity contribution in [1.82, 2.24) is 4.98 Å². The molecule has 1 aromatic heterocycles. The standard InChI is InChI=1S/C17H13NO3.CH4/c1-21-17-7-4-13(9-18-17)11-2-5-14-12(8-11)3-6-16(20)15(14)10-19;/h2-10,20H,1H3;1H4. The van der Waals surface area contributed by atoms with Gasteiger partial charge in [-0.2, -0.15) is 0 Å². The molecule has 4 heteroatoms. The normalized spacial score (nSPS) is 10.0. The van der Waals surface area contributed by atoms with Crippen LogP contribution in [0.4, 0.5) is 0 Å². The van der Waals surface area contributed by atoms with Gasteiger partial charge in [-0.1, -0.05) is 25.6 Å². The van der Waals surface area contributed by atoms with Gasteiger partial charge in [-0.15, -0.1) is 0 Å². The van der Waals surface area contributed by atoms with Gasteiger partial charge in [-0.25, -0.2) is 4.98 Å². The molecule has 0 aliphatic carbocycles. The molecular formula is C18H17NO3. The van der Waals surface area contributed by atoms with Crippen LogP contribution >= 0.6 is 0 Å². The summed E-state index contributed by atoms with van der Waals surface area (Å²) in [5.41, 5.74) is 2.26. The van der Waals surface area contributed by atoms with E-state index in [1.807, 2.05) is 24.3 Å². The maximum Gasteiger partial charge on any atom is 0.212 e. The molecule has 22 heavy (non-hydrogen) atoms. The number of hydrogen-bond donors (Lipinski definition) is 1. The third-order valence-corrected chi connectivity index (χ3v) is 3.44. The number of hydrogen-bond acceptors (Lipinski definition) is 4. The number of aldehydes is 1. The van der Waals surface area contributed by atoms with Crippen molar-refractivity contribution in [2.75, 3.05) is 7.11 Å². The highest BCUT2D eigenvalue weighted by molar-refractivity contribution is 6.02. The van der Waals surface area contributed by atoms with E-state index >= 15 is 0 Å². The third kappa shape index (κ3) is 2.63. The quantitative estimate of drug-likeness (QED) is 0.740. The largest absolute Gasteiger partial charge is 0.507 e. The monoisotopic (exact) mass is 295 g/mol. The molecule has 2 aromatic carbocycles. The summed E-state index contributed by atoms with van der Waals surface area (Å²) in [6.07, 6.45) is 2.41. The van der Waals surface area contributed by atoms with E-state index in [9.17, 15) is 9.90 Å². The van der Waals surface area contributed by atoms with Crippen molar-refractivity contribution in [3.63, 3.8) is 0 Å². The predicted octanol–water partition coefficient (Wildman–Crippen LogP) is 4.06. The van der Waals surface area contributed by atoms with Gasteiger partial charge in [0.1, 0.15) is 5.75 Å². The molecule has 1 heterocycles. The number of rotatable bonds is 3. The summed E-state index contributed by atoms with van der Waals surface area (Å²) < 4.78 is 5.04. The Morgan fingerprint density at radius 1 is 1.09 bits per heavy atom. The van der Waals surface area contributed by atoms with Crippen molar-refractivity contribution in [3.05, 3.63) is 54.2 Å². The molecule has 0 bridgehead atoms. The molecule has 0 saturated heterocycles. The Morgan fingerprint density at radius 2 is 1.86 bits per heavy atom. The average Bonchev–Trinajstić information content (AvgIpc) is 2.54. The molecule has 0 radical (unpaired) electrons. The summed E-state index contributed by atoms with van der Waals surface area (Å²) in [4.78, 5) is 15.3. The van der Waals surface area contributed by atoms with Crippen molar-refractivity contribution in [3.8, 4) is 22.8 Å². The lowest BCUT2D eigenvalue weighted by Gasteiger charge is -2.07. The molecule has 0 saturated carbocycles. The maximum absolute atomic E-state index is 11.1. The Morgan fingerprint density at radius 3 is 2.50 bits per heavy atom. The van der Waals surface area contributed by atoms with Crippen LogP contribution in [0.15, 0.2) is 48.7 Å². The van der Waals surface area contributed by atoms with Crippen LogP contribution in [-0.2, 0) is 0 Å². The summed E-state index contributed by atoms with van der Waals surface area (Å²) in [5.74, 6) is 0.559. The lowest BCUT2D eigenvalue weighted by molar-refractivity contribution is 0.112. The topological polar surface area (TPSA) is 59.4 Å². The van der Waals surface area contributed by atoms with Gasteiger partial charge in [-0.3, -0.25) is 4.79 Å². The highest BCUT2D eigenvalue weighted by Crippen LogP contribution is 2.30. The van der Waals surface area contributed by atoms with Gasteiger partial charge in [0.05, 0.1) is 12.7 Å². The number of methoxy groups -OCH3 is 1. The molecule has 0 aliphatic heterocycles. The van der Waals surface area contributed by atoms with Crippen LogP contribution in [0.1, 0.15) is 17.8 Å². The summed E-state index contributed by atoms with van der Waals surface area (Å²) in [6.45, 7) is 0. The number of phenolic OH excluding ortho intramolecular Hbond substituents is 1. The number of aromatic hydroxyl groups is 1. The average molecular weight is 295 g/mol. The minimum absolute atomic E-state index is 0. The van der Waals surface area contributed by atoms with E-state index in [0.29, 0.717) is 17.7 Å². The first-order valence-electron chi connectivity index (χ1n) is 6.44. The smallest absolute Gasteiger partial charge is 0.212 e. The van der Waals surface area contributed by atoms with Crippen LogP contribution in [0, 0.1) is 0 Å². The van der Waals surface area contributed by atoms with E-state index < -0.39 is 0 Å². The molecule has 3 aromatic rings. The van der Waals surface area contributed by atoms with E-state index in [1.165, 1.54) is 6.07 Å². The predicted molar refractivity (Wildman–Crippen MR) is 87.5 cm³/mol. The Hall–Kier alpha value is -2.88. The molecule has 0 fully saturated rings. The number of carbonyl (C=O) groups is 1. The van der Waals surface area contributed by atoms with E-state index in [2.05, 4.69) is 4.98 Å². The van der Waals surface area contributed by atoms with Gasteiger partial charge in [0, 0.05) is 17.8 Å². The van der Waals surface area contributed by atoms with Gasteiger partial charge >= 0.3 is 0 Å². The van der Waals surface area contributed by atoms with Gasteiger partial charge in [0.2, 0.25) is 5.88 Å². The van der Waals surface area contributed by atoms with Crippen molar-refractivity contribution < 1.29 is 14.6 Å². The summed E-state index contributed by atoms with van der Waals surface area (Å²) >= 11 is 0. The van der Waals surface area contributed by atoms with E-state index in [-0.39, 0.29) is 13.2 Å². The van der Waals surface area contributed by atoms with Crippen molar-refractivity contribution in [2.24, 2.45) is 0 Å². The van der Waals surface area contributed by atoms with Gasteiger partial charge in [0.15, 0.2) is 6.29 Å². The van der Waals surface area contributed by atoms with Crippen LogP contribution in [0.2, 0.25) is 0 Å². The minimum atomic E-state index is -0.00337. The lowest BCUT2D eigenvalue weighted by atomic mass is 9.99. The van der Waals surface area contributed by atoms with E-state index in [0.717, 1.165) is 21.9 Å². The zero-order chi connectivity index (χ0) is 14.8. The molecular weight excluding hydrogens is 278 g/mol. The van der Waals surface area contributed by atoms with Crippen molar-refractivity contribution in [1.29, 1.82) is 0 Å². The third-order valence-electron chi connectivity index (χ3n) is 3.44. The molecule has 1 N–H and O–H groups in total. The maximum atomic E-state index is 11.1. The lowest BCUT2D eigenvalue weighted by Crippen LogP contribution is -1.88. The van der Waals surface area contributed by atoms with Crippen molar-refractivity contribution in [2.45, 2.75) is 7.43 Å². The fraction of sp³-hybridized carbons (Fsp3) is 0.111. The summed E-state index contributed by atoms with van der Waals surface area (Å²) in [5, 5.41) is 11.3. The fourth-order valence-electron chi connectivity index (χ4n) is 2.32. The molecule has 0 spiro atoms. The number of benzene rings is 2. The number of ether oxygens (including phenoxy) is 1. The molecule has 4 nitrogen and oxygen atoms in total. The zero-order valence-electron chi connectivity index (χ0n) is 11.4. The minimum Gasteiger partial charge on any atom is -0.507 e. The van der Waals surface area contributed by atoms with Gasteiger partial charge in [-0.05, 0) is 34.5 Å². The summed E-state index contributed by atoms with van der Waals surface area (Å²) in [6, 6.07) is 12.7. The first kappa shape index (κ1) is 15.5. The first-order chi connectivity index (χ1) is 10.2. The van der Waals surface area contributed by atoms with Crippen molar-refractivity contribution >= 4 is 17.1 Å². The first-order valence-corrected chi connectivity index (χ1v) is 6.44. The highest BCUT2D eigenvalue weighted by Gasteiger charge is 2.07. The number of fused-ring (bicyclic) bond motifs is 1. The molecule has 0 amide bonds.